The maximum Gasteiger partial charge on any atom is 0.306 e. The molecule has 0 aromatic rings. The third kappa shape index (κ3) is 50.0. The number of quaternary nitrogens is 1. The van der Waals surface area contributed by atoms with Crippen molar-refractivity contribution in [2.45, 2.75) is 258 Å². The Hall–Kier alpha value is -1.02. The molecule has 0 bridgehead atoms. The van der Waals surface area contributed by atoms with Crippen molar-refractivity contribution in [2.75, 3.05) is 54.1 Å². The fraction of sp³-hybridized carbons (Fsp3) is 0.906. The van der Waals surface area contributed by atoms with Gasteiger partial charge in [0.05, 0.1) is 34.4 Å². The summed E-state index contributed by atoms with van der Waals surface area (Å²) in [6.07, 6.45) is 54.9. The number of allylic oxidation sites excluding steroid dienone is 4. The zero-order chi connectivity index (χ0) is 45.5. The van der Waals surface area contributed by atoms with Crippen LogP contribution in [0, 0.1) is 0 Å². The van der Waals surface area contributed by atoms with Gasteiger partial charge < -0.3 is 27.9 Å². The summed E-state index contributed by atoms with van der Waals surface area (Å²) < 4.78 is 34.8. The fourth-order valence-corrected chi connectivity index (χ4v) is 8.37. The van der Waals surface area contributed by atoms with E-state index in [1.54, 1.807) is 0 Å². The first-order valence-corrected chi connectivity index (χ1v) is 28.0. The highest BCUT2D eigenvalue weighted by Crippen LogP contribution is 2.38. The summed E-state index contributed by atoms with van der Waals surface area (Å²) in [5.41, 5.74) is 0. The molecule has 0 aromatic carbocycles. The largest absolute Gasteiger partial charge is 0.756 e. The van der Waals surface area contributed by atoms with Gasteiger partial charge in [-0.2, -0.15) is 0 Å². The van der Waals surface area contributed by atoms with Gasteiger partial charge in [0.1, 0.15) is 19.3 Å². The summed E-state index contributed by atoms with van der Waals surface area (Å²) in [5, 5.41) is 0. The van der Waals surface area contributed by atoms with Gasteiger partial charge in [0.25, 0.3) is 7.82 Å². The molecule has 2 atom stereocenters. The number of ether oxygens (including phenoxy) is 2. The van der Waals surface area contributed by atoms with Crippen molar-refractivity contribution in [2.24, 2.45) is 0 Å². The van der Waals surface area contributed by atoms with Crippen LogP contribution in [0.1, 0.15) is 251 Å². The number of phosphoric ester groups is 1. The summed E-state index contributed by atoms with van der Waals surface area (Å²) in [5.74, 6) is -0.330. The van der Waals surface area contributed by atoms with Crippen LogP contribution in [0.15, 0.2) is 24.3 Å². The van der Waals surface area contributed by atoms with Crippen LogP contribution in [0.3, 0.4) is 0 Å². The Labute approximate surface area is 385 Å². The molecule has 0 aliphatic carbocycles. The quantitative estimate of drug-likeness (QED) is 0.0197. The molecule has 0 rings (SSSR count). The van der Waals surface area contributed by atoms with E-state index in [9.17, 15) is 14.3 Å². The SMILES string of the molecule is CCCCCC/C=C\C/C=C\CCCCCCCCCCOCC(COP(=O)([O-])OCC[N+](C)(C)C)OC(=O)CCCCCCCCCCCCCCCCCCCCCCC. The topological polar surface area (TPSA) is 94.1 Å². The average molecular weight is 898 g/mol. The minimum atomic E-state index is -4.53. The molecule has 0 fully saturated rings. The van der Waals surface area contributed by atoms with E-state index in [4.69, 9.17) is 18.5 Å². The molecular formula is C53H104NO7P. The number of unbranched alkanes of at least 4 members (excludes halogenated alkanes) is 32. The van der Waals surface area contributed by atoms with Crippen LogP contribution in [-0.4, -0.2) is 70.7 Å². The predicted molar refractivity (Wildman–Crippen MR) is 264 cm³/mol. The monoisotopic (exact) mass is 898 g/mol. The molecule has 0 N–H and O–H groups in total. The van der Waals surface area contributed by atoms with Gasteiger partial charge in [-0.15, -0.1) is 0 Å². The number of esters is 1. The van der Waals surface area contributed by atoms with Crippen molar-refractivity contribution >= 4 is 13.8 Å². The minimum Gasteiger partial charge on any atom is -0.756 e. The van der Waals surface area contributed by atoms with E-state index in [1.165, 1.54) is 193 Å². The Bertz CT molecular complexity index is 1050. The molecule has 0 heterocycles. The summed E-state index contributed by atoms with van der Waals surface area (Å²) in [6, 6.07) is 0. The van der Waals surface area contributed by atoms with Crippen LogP contribution < -0.4 is 4.89 Å². The van der Waals surface area contributed by atoms with Gasteiger partial charge in [-0.25, -0.2) is 0 Å². The lowest BCUT2D eigenvalue weighted by Gasteiger charge is -2.28. The molecular weight excluding hydrogens is 794 g/mol. The first-order valence-electron chi connectivity index (χ1n) is 26.6. The maximum absolute atomic E-state index is 12.8. The lowest BCUT2D eigenvalue weighted by molar-refractivity contribution is -0.870. The van der Waals surface area contributed by atoms with E-state index in [1.807, 2.05) is 21.1 Å². The molecule has 368 valence electrons. The van der Waals surface area contributed by atoms with Crippen molar-refractivity contribution in [1.82, 2.24) is 0 Å². The lowest BCUT2D eigenvalue weighted by Crippen LogP contribution is -2.37. The molecule has 0 saturated carbocycles. The number of carbonyl (C=O) groups excluding carboxylic acids is 1. The molecule has 9 heteroatoms. The Balaban J connectivity index is 4.10. The molecule has 2 unspecified atom stereocenters. The third-order valence-corrected chi connectivity index (χ3v) is 12.7. The molecule has 62 heavy (non-hydrogen) atoms. The summed E-state index contributed by atoms with van der Waals surface area (Å²) in [7, 11) is 1.36. The van der Waals surface area contributed by atoms with E-state index < -0.39 is 13.9 Å². The maximum atomic E-state index is 12.8. The van der Waals surface area contributed by atoms with Gasteiger partial charge in [0.2, 0.25) is 0 Å². The van der Waals surface area contributed by atoms with Gasteiger partial charge in [-0.1, -0.05) is 224 Å². The predicted octanol–water partition coefficient (Wildman–Crippen LogP) is 15.7. The highest BCUT2D eigenvalue weighted by atomic mass is 31.2. The molecule has 8 nitrogen and oxygen atoms in total. The highest BCUT2D eigenvalue weighted by Gasteiger charge is 2.20. The summed E-state index contributed by atoms with van der Waals surface area (Å²) in [4.78, 5) is 25.2. The summed E-state index contributed by atoms with van der Waals surface area (Å²) >= 11 is 0. The summed E-state index contributed by atoms with van der Waals surface area (Å²) in [6.45, 7) is 5.44. The normalized spacial score (nSPS) is 13.7. The molecule has 0 aliphatic heterocycles. The van der Waals surface area contributed by atoms with Crippen LogP contribution in [0.25, 0.3) is 0 Å². The van der Waals surface area contributed by atoms with Gasteiger partial charge in [-0.3, -0.25) is 9.36 Å². The first kappa shape index (κ1) is 61.0. The van der Waals surface area contributed by atoms with Crippen LogP contribution in [0.4, 0.5) is 0 Å². The highest BCUT2D eigenvalue weighted by molar-refractivity contribution is 7.45. The second kappa shape index (κ2) is 46.5. The number of hydrogen-bond acceptors (Lipinski definition) is 7. The van der Waals surface area contributed by atoms with Crippen molar-refractivity contribution in [3.8, 4) is 0 Å². The minimum absolute atomic E-state index is 0.0272. The van der Waals surface area contributed by atoms with Gasteiger partial charge in [0.15, 0.2) is 0 Å². The molecule has 0 amide bonds. The van der Waals surface area contributed by atoms with Crippen LogP contribution >= 0.6 is 7.82 Å². The number of rotatable bonds is 50. The second-order valence-electron chi connectivity index (χ2n) is 19.2. The van der Waals surface area contributed by atoms with Crippen molar-refractivity contribution < 1.29 is 37.3 Å². The standard InChI is InChI=1S/C53H104NO7P/c1-6-8-10-12-14-16-18-20-22-24-26-27-28-30-32-34-36-38-40-42-44-46-53(55)61-52(51-60-62(56,57)59-49-47-54(3,4)5)50-58-48-45-43-41-39-37-35-33-31-29-25-23-21-19-17-15-13-11-9-7-2/h17,19,23,25,52H,6-16,18,20-22,24,26-51H2,1-5H3/b19-17-,25-23-. The van der Waals surface area contributed by atoms with Gasteiger partial charge in [-0.05, 0) is 44.9 Å². The number of likely N-dealkylation sites (N-methyl/N-ethyl adjacent to an activating group) is 1. The van der Waals surface area contributed by atoms with Gasteiger partial charge in [0, 0.05) is 13.0 Å². The molecule has 0 radical (unpaired) electrons. The van der Waals surface area contributed by atoms with Crippen molar-refractivity contribution in [3.63, 3.8) is 0 Å². The molecule has 0 aliphatic rings. The second-order valence-corrected chi connectivity index (χ2v) is 20.7. The Morgan fingerprint density at radius 1 is 0.500 bits per heavy atom. The molecule has 0 spiro atoms. The number of phosphoric acid groups is 1. The molecule has 0 aromatic heterocycles. The van der Waals surface area contributed by atoms with Crippen LogP contribution in [0.5, 0.6) is 0 Å². The first-order chi connectivity index (χ1) is 30.1. The van der Waals surface area contributed by atoms with E-state index in [-0.39, 0.29) is 25.8 Å². The average Bonchev–Trinajstić information content (AvgIpc) is 3.23. The zero-order valence-electron chi connectivity index (χ0n) is 41.8. The zero-order valence-corrected chi connectivity index (χ0v) is 42.7. The van der Waals surface area contributed by atoms with E-state index in [0.29, 0.717) is 24.1 Å². The van der Waals surface area contributed by atoms with Crippen LogP contribution in [-0.2, 0) is 27.9 Å². The Morgan fingerprint density at radius 3 is 1.32 bits per heavy atom. The van der Waals surface area contributed by atoms with Crippen LogP contribution in [0.2, 0.25) is 0 Å². The third-order valence-electron chi connectivity index (χ3n) is 11.8. The van der Waals surface area contributed by atoms with Gasteiger partial charge >= 0.3 is 5.97 Å². The fourth-order valence-electron chi connectivity index (χ4n) is 7.64. The lowest BCUT2D eigenvalue weighted by atomic mass is 10.0. The van der Waals surface area contributed by atoms with E-state index in [0.717, 1.165) is 38.5 Å². The smallest absolute Gasteiger partial charge is 0.306 e. The Kier molecular flexibility index (Phi) is 45.7. The Morgan fingerprint density at radius 2 is 0.887 bits per heavy atom. The number of hydrogen-bond donors (Lipinski definition) is 0. The van der Waals surface area contributed by atoms with Crippen molar-refractivity contribution in [3.05, 3.63) is 24.3 Å². The van der Waals surface area contributed by atoms with Crippen molar-refractivity contribution in [1.29, 1.82) is 0 Å². The number of carbonyl (C=O) groups is 1. The van der Waals surface area contributed by atoms with E-state index in [2.05, 4.69) is 38.2 Å². The molecule has 0 saturated heterocycles. The number of nitrogens with zero attached hydrogens (tertiary/aromatic N) is 1. The van der Waals surface area contributed by atoms with E-state index >= 15 is 0 Å².